The molecule has 0 aromatic rings. The molecule has 0 aromatic heterocycles. The van der Waals surface area contributed by atoms with Gasteiger partial charge in [-0.2, -0.15) is 0 Å². The minimum Gasteiger partial charge on any atom is -0.352 e. The molecule has 2 bridgehead atoms. The minimum atomic E-state index is -0.116. The van der Waals surface area contributed by atoms with Crippen molar-refractivity contribution in [3.8, 4) is 0 Å². The average molecular weight is 328 g/mol. The summed E-state index contributed by atoms with van der Waals surface area (Å²) >= 11 is 0. The van der Waals surface area contributed by atoms with Crippen molar-refractivity contribution in [2.45, 2.75) is 38.5 Å². The first-order valence-corrected chi connectivity index (χ1v) is 9.17. The fourth-order valence-corrected chi connectivity index (χ4v) is 4.78. The summed E-state index contributed by atoms with van der Waals surface area (Å²) < 4.78 is 0. The lowest BCUT2D eigenvalue weighted by Gasteiger charge is -2.17. The van der Waals surface area contributed by atoms with Gasteiger partial charge in [-0.25, -0.2) is 0 Å². The summed E-state index contributed by atoms with van der Waals surface area (Å²) in [5.74, 6) is 0.307. The molecule has 0 radical (unpaired) electrons. The van der Waals surface area contributed by atoms with Gasteiger partial charge in [0.25, 0.3) is 0 Å². The third-order valence-corrected chi connectivity index (χ3v) is 5.99. The number of rotatable bonds is 5. The highest BCUT2D eigenvalue weighted by Crippen LogP contribution is 2.52. The predicted octanol–water partition coefficient (Wildman–Crippen LogP) is 1.80. The van der Waals surface area contributed by atoms with Crippen LogP contribution in [0, 0.1) is 23.7 Å². The van der Waals surface area contributed by atoms with Crippen molar-refractivity contribution < 1.29 is 14.4 Å². The zero-order valence-electron chi connectivity index (χ0n) is 13.9. The fraction of sp³-hybridized carbons (Fsp3) is 0.632. The van der Waals surface area contributed by atoms with Gasteiger partial charge in [-0.3, -0.25) is 19.3 Å². The van der Waals surface area contributed by atoms with E-state index in [-0.39, 0.29) is 41.4 Å². The Kier molecular flexibility index (Phi) is 4.02. The molecule has 128 valence electrons. The molecule has 1 saturated carbocycles. The summed E-state index contributed by atoms with van der Waals surface area (Å²) in [6, 6.07) is 0. The van der Waals surface area contributed by atoms with Crippen LogP contribution in [0.5, 0.6) is 0 Å². The molecule has 1 saturated heterocycles. The first kappa shape index (κ1) is 15.6. The number of hydrogen-bond acceptors (Lipinski definition) is 3. The van der Waals surface area contributed by atoms with E-state index in [0.29, 0.717) is 19.5 Å². The molecule has 4 aliphatic rings. The summed E-state index contributed by atoms with van der Waals surface area (Å²) in [7, 11) is 0. The van der Waals surface area contributed by atoms with Crippen molar-refractivity contribution in [2.24, 2.45) is 23.7 Å². The predicted molar refractivity (Wildman–Crippen MR) is 88.6 cm³/mol. The van der Waals surface area contributed by atoms with E-state index in [1.165, 1.54) is 4.90 Å². The second-order valence-electron chi connectivity index (χ2n) is 7.41. The van der Waals surface area contributed by atoms with Gasteiger partial charge < -0.3 is 5.32 Å². The average Bonchev–Trinajstić information content (AvgIpc) is 3.28. The molecule has 4 rings (SSSR count). The first-order chi connectivity index (χ1) is 11.7. The Morgan fingerprint density at radius 3 is 2.46 bits per heavy atom. The first-order valence-electron chi connectivity index (χ1n) is 9.17. The summed E-state index contributed by atoms with van der Waals surface area (Å²) in [5, 5.41) is 2.92. The molecule has 0 spiro atoms. The molecule has 2 fully saturated rings. The highest BCUT2D eigenvalue weighted by molar-refractivity contribution is 6.06. The maximum atomic E-state index is 12.5. The Morgan fingerprint density at radius 2 is 1.83 bits per heavy atom. The van der Waals surface area contributed by atoms with Crippen molar-refractivity contribution in [3.63, 3.8) is 0 Å². The highest BCUT2D eigenvalue weighted by atomic mass is 16.2. The van der Waals surface area contributed by atoms with Gasteiger partial charge in [-0.05, 0) is 50.4 Å². The molecule has 3 aliphatic carbocycles. The fourth-order valence-electron chi connectivity index (χ4n) is 4.78. The number of fused-ring (bicyclic) bond motifs is 5. The molecule has 5 heteroatoms. The van der Waals surface area contributed by atoms with Crippen LogP contribution in [-0.4, -0.2) is 35.7 Å². The Balaban J connectivity index is 1.27. The molecule has 5 nitrogen and oxygen atoms in total. The molecule has 0 aromatic carbocycles. The van der Waals surface area contributed by atoms with Crippen molar-refractivity contribution in [2.75, 3.05) is 13.1 Å². The second-order valence-corrected chi connectivity index (χ2v) is 7.41. The van der Waals surface area contributed by atoms with Gasteiger partial charge in [0.05, 0.1) is 11.8 Å². The van der Waals surface area contributed by atoms with Crippen LogP contribution < -0.4 is 5.32 Å². The molecule has 1 heterocycles. The number of hydrogen-bond donors (Lipinski definition) is 1. The summed E-state index contributed by atoms with van der Waals surface area (Å²) in [6.07, 6.45) is 11.9. The van der Waals surface area contributed by atoms with Crippen LogP contribution in [0.3, 0.4) is 0 Å². The van der Waals surface area contributed by atoms with Gasteiger partial charge >= 0.3 is 0 Å². The number of allylic oxidation sites excluding steroid dienone is 3. The number of carbonyl (C=O) groups excluding carboxylic acids is 3. The SMILES string of the molecule is O=C(NCCCN1C(=O)[C@H]2[C@H](C1=O)[C@H]1C=C[C@H]2C1)C1=CCCCC1. The lowest BCUT2D eigenvalue weighted by Crippen LogP contribution is -2.36. The number of nitrogens with zero attached hydrogens (tertiary/aromatic N) is 1. The van der Waals surface area contributed by atoms with E-state index < -0.39 is 0 Å². The number of carbonyl (C=O) groups is 3. The lowest BCUT2D eigenvalue weighted by atomic mass is 9.85. The largest absolute Gasteiger partial charge is 0.352 e. The van der Waals surface area contributed by atoms with Gasteiger partial charge in [0.1, 0.15) is 0 Å². The lowest BCUT2D eigenvalue weighted by molar-refractivity contribution is -0.140. The standard InChI is InChI=1S/C19H24N2O3/c22-17(12-5-2-1-3-6-12)20-9-4-10-21-18(23)15-13-7-8-14(11-13)16(15)19(21)24/h5,7-8,13-16H,1-4,6,9-11H2,(H,20,22)/t13-,14-,15+,16+/m0/s1. The van der Waals surface area contributed by atoms with Crippen LogP contribution in [0.25, 0.3) is 0 Å². The van der Waals surface area contributed by atoms with Crippen molar-refractivity contribution in [3.05, 3.63) is 23.8 Å². The van der Waals surface area contributed by atoms with Gasteiger partial charge in [0.2, 0.25) is 17.7 Å². The molecule has 0 unspecified atom stereocenters. The van der Waals surface area contributed by atoms with E-state index in [9.17, 15) is 14.4 Å². The number of nitrogens with one attached hydrogen (secondary N) is 1. The molecule has 24 heavy (non-hydrogen) atoms. The normalized spacial score (nSPS) is 33.8. The van der Waals surface area contributed by atoms with Gasteiger partial charge in [0, 0.05) is 18.7 Å². The number of amides is 3. The Hall–Kier alpha value is -1.91. The second kappa shape index (κ2) is 6.19. The molecule has 1 N–H and O–H groups in total. The summed E-state index contributed by atoms with van der Waals surface area (Å²) in [5.41, 5.74) is 0.881. The van der Waals surface area contributed by atoms with E-state index in [0.717, 1.165) is 37.7 Å². The summed E-state index contributed by atoms with van der Waals surface area (Å²) in [4.78, 5) is 38.6. The van der Waals surface area contributed by atoms with Crippen LogP contribution >= 0.6 is 0 Å². The zero-order valence-corrected chi connectivity index (χ0v) is 13.9. The van der Waals surface area contributed by atoms with Crippen LogP contribution in [0.2, 0.25) is 0 Å². The van der Waals surface area contributed by atoms with Crippen LogP contribution in [-0.2, 0) is 14.4 Å². The maximum Gasteiger partial charge on any atom is 0.246 e. The summed E-state index contributed by atoms with van der Waals surface area (Å²) in [6.45, 7) is 0.928. The van der Waals surface area contributed by atoms with E-state index in [1.54, 1.807) is 0 Å². The molecule has 3 amide bonds. The van der Waals surface area contributed by atoms with Crippen LogP contribution in [0.1, 0.15) is 38.5 Å². The van der Waals surface area contributed by atoms with E-state index in [4.69, 9.17) is 0 Å². The van der Waals surface area contributed by atoms with Gasteiger partial charge in [0.15, 0.2) is 0 Å². The van der Waals surface area contributed by atoms with E-state index in [1.807, 2.05) is 6.08 Å². The molecular formula is C19H24N2O3. The van der Waals surface area contributed by atoms with Crippen molar-refractivity contribution in [1.29, 1.82) is 0 Å². The Labute approximate surface area is 142 Å². The third kappa shape index (κ3) is 2.50. The van der Waals surface area contributed by atoms with Crippen molar-refractivity contribution >= 4 is 17.7 Å². The quantitative estimate of drug-likeness (QED) is 0.475. The molecule has 4 atom stereocenters. The smallest absolute Gasteiger partial charge is 0.246 e. The minimum absolute atomic E-state index is 0.00293. The topological polar surface area (TPSA) is 66.5 Å². The van der Waals surface area contributed by atoms with Crippen molar-refractivity contribution in [1.82, 2.24) is 10.2 Å². The van der Waals surface area contributed by atoms with Crippen LogP contribution in [0.15, 0.2) is 23.8 Å². The highest BCUT2D eigenvalue weighted by Gasteiger charge is 2.58. The van der Waals surface area contributed by atoms with E-state index >= 15 is 0 Å². The molecular weight excluding hydrogens is 304 g/mol. The van der Waals surface area contributed by atoms with E-state index in [2.05, 4.69) is 17.5 Å². The Morgan fingerprint density at radius 1 is 1.12 bits per heavy atom. The Bertz CT molecular complexity index is 607. The third-order valence-electron chi connectivity index (χ3n) is 5.99. The number of imide groups is 1. The molecule has 1 aliphatic heterocycles. The van der Waals surface area contributed by atoms with Gasteiger partial charge in [-0.1, -0.05) is 18.2 Å². The zero-order chi connectivity index (χ0) is 16.7. The number of likely N-dealkylation sites (tertiary alicyclic amines) is 1. The van der Waals surface area contributed by atoms with Gasteiger partial charge in [-0.15, -0.1) is 0 Å². The van der Waals surface area contributed by atoms with Crippen LogP contribution in [0.4, 0.5) is 0 Å². The monoisotopic (exact) mass is 328 g/mol. The maximum absolute atomic E-state index is 12.5.